The smallest absolute Gasteiger partial charge is 0.416 e. The van der Waals surface area contributed by atoms with Crippen LogP contribution in [0.4, 0.5) is 13.2 Å². The lowest BCUT2D eigenvalue weighted by atomic mass is 9.92. The molecule has 0 radical (unpaired) electrons. The molecule has 0 unspecified atom stereocenters. The largest absolute Gasteiger partial charge is 0.508 e. The third-order valence-electron chi connectivity index (χ3n) is 7.30. The molecule has 1 aromatic heterocycles. The van der Waals surface area contributed by atoms with E-state index in [0.29, 0.717) is 23.3 Å². The Kier molecular flexibility index (Phi) is 8.82. The van der Waals surface area contributed by atoms with Crippen LogP contribution in [-0.2, 0) is 12.6 Å². The summed E-state index contributed by atoms with van der Waals surface area (Å²) in [7, 11) is 0. The summed E-state index contributed by atoms with van der Waals surface area (Å²) >= 11 is 12.6. The minimum absolute atomic E-state index is 0.0373. The van der Waals surface area contributed by atoms with E-state index in [2.05, 4.69) is 4.90 Å². The molecule has 3 aromatic carbocycles. The molecule has 0 amide bonds. The zero-order valence-corrected chi connectivity index (χ0v) is 23.6. The average molecular weight is 606 g/mol. The summed E-state index contributed by atoms with van der Waals surface area (Å²) in [6.45, 7) is 3.61. The number of fused-ring (bicyclic) bond motifs is 1. The first-order chi connectivity index (χ1) is 19.6. The predicted octanol–water partition coefficient (Wildman–Crippen LogP) is 8.34. The van der Waals surface area contributed by atoms with Gasteiger partial charge in [0.25, 0.3) is 0 Å². The van der Waals surface area contributed by atoms with Crippen LogP contribution in [0.25, 0.3) is 22.1 Å². The van der Waals surface area contributed by atoms with Gasteiger partial charge in [-0.1, -0.05) is 48.2 Å². The maximum Gasteiger partial charge on any atom is 0.416 e. The Balaban J connectivity index is 1.47. The fourth-order valence-corrected chi connectivity index (χ4v) is 5.90. The molecule has 10 heteroatoms. The van der Waals surface area contributed by atoms with Crippen LogP contribution in [0.3, 0.4) is 0 Å². The van der Waals surface area contributed by atoms with E-state index in [4.69, 9.17) is 32.4 Å². The van der Waals surface area contributed by atoms with Crippen LogP contribution in [-0.4, -0.2) is 36.2 Å². The molecule has 2 heterocycles. The molecule has 1 saturated heterocycles. The van der Waals surface area contributed by atoms with Crippen molar-refractivity contribution in [3.63, 3.8) is 0 Å². The molecule has 5 rings (SSSR count). The van der Waals surface area contributed by atoms with Crippen molar-refractivity contribution in [2.24, 2.45) is 0 Å². The highest BCUT2D eigenvalue weighted by molar-refractivity contribution is 6.39. The Morgan fingerprint density at radius 2 is 1.56 bits per heavy atom. The lowest BCUT2D eigenvalue weighted by Gasteiger charge is -2.19. The van der Waals surface area contributed by atoms with Gasteiger partial charge in [-0.2, -0.15) is 13.2 Å². The minimum Gasteiger partial charge on any atom is -0.508 e. The molecule has 216 valence electrons. The first-order valence-corrected chi connectivity index (χ1v) is 14.1. The van der Waals surface area contributed by atoms with Crippen LogP contribution in [0, 0.1) is 0 Å². The van der Waals surface area contributed by atoms with Gasteiger partial charge in [-0.05, 0) is 79.9 Å². The molecule has 1 aliphatic rings. The number of ether oxygens (including phenoxy) is 1. The van der Waals surface area contributed by atoms with Crippen molar-refractivity contribution in [1.82, 2.24) is 4.90 Å². The molecule has 4 aromatic rings. The second-order valence-electron chi connectivity index (χ2n) is 10.2. The van der Waals surface area contributed by atoms with Crippen molar-refractivity contribution in [2.75, 3.05) is 26.2 Å². The molecule has 0 atom stereocenters. The maximum absolute atomic E-state index is 13.4. The van der Waals surface area contributed by atoms with Crippen molar-refractivity contribution in [3.8, 4) is 22.6 Å². The monoisotopic (exact) mass is 605 g/mol. The molecule has 0 spiro atoms. The quantitative estimate of drug-likeness (QED) is 0.214. The predicted molar refractivity (Wildman–Crippen MR) is 154 cm³/mol. The molecular formula is C31H28Cl2F3NO4. The Morgan fingerprint density at radius 1 is 0.902 bits per heavy atom. The van der Waals surface area contributed by atoms with E-state index in [-0.39, 0.29) is 38.9 Å². The lowest BCUT2D eigenvalue weighted by Crippen LogP contribution is -2.29. The van der Waals surface area contributed by atoms with E-state index in [1.54, 1.807) is 6.07 Å². The highest BCUT2D eigenvalue weighted by atomic mass is 35.5. The number of rotatable bonds is 7. The highest BCUT2D eigenvalue weighted by Crippen LogP contribution is 2.42. The maximum atomic E-state index is 13.4. The summed E-state index contributed by atoms with van der Waals surface area (Å²) in [5.74, 6) is 0.603. The normalized spacial score (nSPS) is 14.8. The summed E-state index contributed by atoms with van der Waals surface area (Å²) in [6.07, 6.45) is 0.522. The van der Waals surface area contributed by atoms with Gasteiger partial charge in [-0.3, -0.25) is 4.90 Å². The van der Waals surface area contributed by atoms with Crippen molar-refractivity contribution in [2.45, 2.75) is 38.3 Å². The van der Waals surface area contributed by atoms with Crippen molar-refractivity contribution >= 4 is 34.2 Å². The second kappa shape index (κ2) is 12.3. The molecule has 1 fully saturated rings. The van der Waals surface area contributed by atoms with Gasteiger partial charge in [-0.25, -0.2) is 4.79 Å². The van der Waals surface area contributed by atoms with Gasteiger partial charge in [0, 0.05) is 23.6 Å². The van der Waals surface area contributed by atoms with Crippen LogP contribution in [0.2, 0.25) is 10.0 Å². The summed E-state index contributed by atoms with van der Waals surface area (Å²) in [6, 6.07) is 13.2. The fraction of sp³-hybridized carbons (Fsp3) is 0.323. The Bertz CT molecular complexity index is 1570. The molecule has 0 saturated carbocycles. The van der Waals surface area contributed by atoms with Gasteiger partial charge < -0.3 is 14.3 Å². The summed E-state index contributed by atoms with van der Waals surface area (Å²) in [4.78, 5) is 15.7. The number of aromatic hydroxyl groups is 1. The molecule has 0 aliphatic carbocycles. The number of hydrogen-bond acceptors (Lipinski definition) is 5. The fourth-order valence-electron chi connectivity index (χ4n) is 5.23. The van der Waals surface area contributed by atoms with Crippen LogP contribution in [0.5, 0.6) is 11.5 Å². The standard InChI is InChI=1S/C31H28Cl2F3NO4/c32-25-16-20(31(34,35)36)17-26(33)29(25)28-24(23-10-7-21(38)18-27(23)41-30(28)39)15-19-5-8-22(9-6-19)40-14-13-37-11-3-1-2-4-12-37/h5-10,16-18,38H,1-4,11-15H2. The van der Waals surface area contributed by atoms with Gasteiger partial charge in [0.05, 0.1) is 21.2 Å². The zero-order valence-electron chi connectivity index (χ0n) is 22.1. The Labute approximate surface area is 245 Å². The van der Waals surface area contributed by atoms with Crippen LogP contribution in [0.15, 0.2) is 63.8 Å². The lowest BCUT2D eigenvalue weighted by molar-refractivity contribution is -0.137. The van der Waals surface area contributed by atoms with Gasteiger partial charge in [-0.15, -0.1) is 0 Å². The van der Waals surface area contributed by atoms with Crippen LogP contribution in [0.1, 0.15) is 42.4 Å². The molecule has 5 nitrogen and oxygen atoms in total. The molecule has 41 heavy (non-hydrogen) atoms. The van der Waals surface area contributed by atoms with E-state index in [0.717, 1.165) is 37.3 Å². The number of likely N-dealkylation sites (tertiary alicyclic amines) is 1. The van der Waals surface area contributed by atoms with E-state index in [1.165, 1.54) is 37.8 Å². The Morgan fingerprint density at radius 3 is 2.20 bits per heavy atom. The van der Waals surface area contributed by atoms with Crippen LogP contribution < -0.4 is 10.4 Å². The topological polar surface area (TPSA) is 62.9 Å². The summed E-state index contributed by atoms with van der Waals surface area (Å²) < 4.78 is 51.5. The summed E-state index contributed by atoms with van der Waals surface area (Å²) in [5.41, 5.74) is -0.561. The minimum atomic E-state index is -4.67. The number of hydrogen-bond donors (Lipinski definition) is 1. The second-order valence-corrected chi connectivity index (χ2v) is 11.0. The average Bonchev–Trinajstić information content (AvgIpc) is 3.19. The van der Waals surface area contributed by atoms with Crippen LogP contribution >= 0.6 is 23.2 Å². The summed E-state index contributed by atoms with van der Waals surface area (Å²) in [5, 5.41) is 9.78. The number of benzene rings is 3. The van der Waals surface area contributed by atoms with E-state index in [1.807, 2.05) is 24.3 Å². The van der Waals surface area contributed by atoms with Gasteiger partial charge >= 0.3 is 11.8 Å². The van der Waals surface area contributed by atoms with Crippen molar-refractivity contribution < 1.29 is 27.4 Å². The number of alkyl halides is 3. The van der Waals surface area contributed by atoms with E-state index >= 15 is 0 Å². The molecule has 0 bridgehead atoms. The van der Waals surface area contributed by atoms with E-state index in [9.17, 15) is 23.1 Å². The van der Waals surface area contributed by atoms with Gasteiger partial charge in [0.2, 0.25) is 0 Å². The molecule has 1 N–H and O–H groups in total. The Hall–Kier alpha value is -3.20. The van der Waals surface area contributed by atoms with Gasteiger partial charge in [0.15, 0.2) is 0 Å². The first-order valence-electron chi connectivity index (χ1n) is 13.4. The number of halogens is 5. The zero-order chi connectivity index (χ0) is 29.1. The third kappa shape index (κ3) is 6.83. The van der Waals surface area contributed by atoms with Gasteiger partial charge in [0.1, 0.15) is 23.7 Å². The number of nitrogens with zero attached hydrogens (tertiary/aromatic N) is 1. The van der Waals surface area contributed by atoms with Crippen molar-refractivity contribution in [3.05, 3.63) is 91.8 Å². The van der Waals surface area contributed by atoms with E-state index < -0.39 is 17.4 Å². The first kappa shape index (κ1) is 29.3. The SMILES string of the molecule is O=c1oc2cc(O)ccc2c(Cc2ccc(OCCN3CCCCCC3)cc2)c1-c1c(Cl)cc(C(F)(F)F)cc1Cl. The number of phenols is 1. The highest BCUT2D eigenvalue weighted by Gasteiger charge is 2.33. The third-order valence-corrected chi connectivity index (χ3v) is 7.89. The molecule has 1 aliphatic heterocycles. The number of phenolic OH excluding ortho intramolecular Hbond substituents is 1. The van der Waals surface area contributed by atoms with Crippen molar-refractivity contribution in [1.29, 1.82) is 0 Å². The molecular weight excluding hydrogens is 578 g/mol.